The monoisotopic (exact) mass is 389 g/mol. The average Bonchev–Trinajstić information content (AvgIpc) is 2.95. The van der Waals surface area contributed by atoms with Gasteiger partial charge in [0.05, 0.1) is 13.9 Å². The first-order valence-electron chi connectivity index (χ1n) is 5.32. The lowest BCUT2D eigenvalue weighted by molar-refractivity contribution is 0.525. The van der Waals surface area contributed by atoms with Crippen LogP contribution in [-0.2, 0) is 0 Å². The molecule has 0 bridgehead atoms. The van der Waals surface area contributed by atoms with Crippen molar-refractivity contribution >= 4 is 56.5 Å². The zero-order valence-corrected chi connectivity index (χ0v) is 12.9. The van der Waals surface area contributed by atoms with Crippen LogP contribution in [0.3, 0.4) is 0 Å². The molecule has 0 aliphatic heterocycles. The van der Waals surface area contributed by atoms with E-state index in [-0.39, 0.29) is 6.04 Å². The number of fused-ring (bicyclic) bond motifs is 1. The number of nitrogens with two attached hydrogens (primary N) is 1. The molecule has 3 aromatic rings. The molecule has 2 aromatic heterocycles. The lowest BCUT2D eigenvalue weighted by Crippen LogP contribution is -2.09. The Morgan fingerprint density at radius 3 is 2.83 bits per heavy atom. The average molecular weight is 390 g/mol. The zero-order valence-electron chi connectivity index (χ0n) is 9.19. The van der Waals surface area contributed by atoms with E-state index in [4.69, 9.17) is 21.8 Å². The first-order chi connectivity index (χ1) is 8.65. The van der Waals surface area contributed by atoms with E-state index in [0.29, 0.717) is 10.6 Å². The van der Waals surface area contributed by atoms with Crippen molar-refractivity contribution in [2.75, 3.05) is 0 Å². The van der Waals surface area contributed by atoms with Crippen molar-refractivity contribution in [2.45, 2.75) is 6.04 Å². The summed E-state index contributed by atoms with van der Waals surface area (Å²) in [5.74, 6) is 0.743. The van der Waals surface area contributed by atoms with E-state index in [1.54, 1.807) is 11.3 Å². The number of halogens is 2. The highest BCUT2D eigenvalue weighted by molar-refractivity contribution is 14.1. The van der Waals surface area contributed by atoms with Crippen LogP contribution in [0, 0.1) is 2.88 Å². The fourth-order valence-corrected chi connectivity index (χ4v) is 3.48. The number of furan rings is 1. The van der Waals surface area contributed by atoms with Crippen molar-refractivity contribution in [3.63, 3.8) is 0 Å². The third kappa shape index (κ3) is 2.18. The highest BCUT2D eigenvalue weighted by Crippen LogP contribution is 2.32. The lowest BCUT2D eigenvalue weighted by Gasteiger charge is -2.05. The van der Waals surface area contributed by atoms with Crippen LogP contribution in [0.25, 0.3) is 11.0 Å². The molecule has 0 spiro atoms. The number of hydrogen-bond donors (Lipinski definition) is 1. The summed E-state index contributed by atoms with van der Waals surface area (Å²) in [6.07, 6.45) is 0. The Hall–Kier alpha value is -0.560. The fraction of sp³-hybridized carbons (Fsp3) is 0.0769. The van der Waals surface area contributed by atoms with Crippen molar-refractivity contribution in [3.05, 3.63) is 54.9 Å². The van der Waals surface area contributed by atoms with Gasteiger partial charge in [0.1, 0.15) is 5.76 Å². The quantitative estimate of drug-likeness (QED) is 0.639. The van der Waals surface area contributed by atoms with Gasteiger partial charge in [-0.2, -0.15) is 0 Å². The molecule has 5 heteroatoms. The van der Waals surface area contributed by atoms with E-state index in [1.807, 2.05) is 24.3 Å². The van der Waals surface area contributed by atoms with Gasteiger partial charge in [0, 0.05) is 5.39 Å². The summed E-state index contributed by atoms with van der Waals surface area (Å²) < 4.78 is 6.98. The summed E-state index contributed by atoms with van der Waals surface area (Å²) in [7, 11) is 0. The predicted molar refractivity (Wildman–Crippen MR) is 84.3 cm³/mol. The van der Waals surface area contributed by atoms with Gasteiger partial charge in [0.25, 0.3) is 0 Å². The van der Waals surface area contributed by atoms with Gasteiger partial charge in [-0.05, 0) is 51.7 Å². The maximum Gasteiger partial charge on any atom is 0.152 e. The van der Waals surface area contributed by atoms with Crippen molar-refractivity contribution < 1.29 is 4.42 Å². The Morgan fingerprint density at radius 1 is 1.33 bits per heavy atom. The Labute approximate surface area is 127 Å². The van der Waals surface area contributed by atoms with Crippen LogP contribution in [0.15, 0.2) is 40.1 Å². The highest BCUT2D eigenvalue weighted by atomic mass is 127. The minimum absolute atomic E-state index is 0.242. The summed E-state index contributed by atoms with van der Waals surface area (Å²) >= 11 is 10.1. The minimum Gasteiger partial charge on any atom is -0.457 e. The molecule has 0 radical (unpaired) electrons. The highest BCUT2D eigenvalue weighted by Gasteiger charge is 2.16. The molecule has 2 N–H and O–H groups in total. The summed E-state index contributed by atoms with van der Waals surface area (Å²) in [5.41, 5.74) is 7.98. The maximum absolute atomic E-state index is 6.21. The molecular formula is C13H9ClINOS. The van der Waals surface area contributed by atoms with E-state index in [2.05, 4.69) is 34.0 Å². The van der Waals surface area contributed by atoms with Crippen LogP contribution < -0.4 is 5.73 Å². The molecule has 2 nitrogen and oxygen atoms in total. The molecule has 0 saturated heterocycles. The summed E-state index contributed by atoms with van der Waals surface area (Å²) in [6, 6.07) is 9.48. The van der Waals surface area contributed by atoms with Gasteiger partial charge in [-0.25, -0.2) is 0 Å². The first kappa shape index (κ1) is 12.5. The molecule has 3 rings (SSSR count). The molecule has 18 heavy (non-hydrogen) atoms. The van der Waals surface area contributed by atoms with E-state index < -0.39 is 0 Å². The van der Waals surface area contributed by atoms with Gasteiger partial charge in [-0.1, -0.05) is 23.7 Å². The van der Waals surface area contributed by atoms with Crippen molar-refractivity contribution in [1.29, 1.82) is 0 Å². The fourth-order valence-electron chi connectivity index (χ4n) is 1.85. The smallest absolute Gasteiger partial charge is 0.152 e. The number of para-hydroxylation sites is 1. The standard InChI is InChI=1S/C13H9ClINOS/c14-9-3-1-2-7-4-10(17-13(7)9)12(16)8-5-11(15)18-6-8/h1-6,12H,16H2. The van der Waals surface area contributed by atoms with Gasteiger partial charge in [-0.15, -0.1) is 11.3 Å². The maximum atomic E-state index is 6.21. The van der Waals surface area contributed by atoms with Crippen LogP contribution in [0.1, 0.15) is 17.4 Å². The Kier molecular flexibility index (Phi) is 3.36. The third-order valence-electron chi connectivity index (χ3n) is 2.77. The van der Waals surface area contributed by atoms with Crippen LogP contribution in [-0.4, -0.2) is 0 Å². The van der Waals surface area contributed by atoms with Crippen molar-refractivity contribution in [3.8, 4) is 0 Å². The Morgan fingerprint density at radius 2 is 2.17 bits per heavy atom. The number of hydrogen-bond acceptors (Lipinski definition) is 3. The van der Waals surface area contributed by atoms with Gasteiger partial charge in [-0.3, -0.25) is 0 Å². The molecule has 1 unspecified atom stereocenters. The lowest BCUT2D eigenvalue weighted by atomic mass is 10.1. The van der Waals surface area contributed by atoms with Crippen molar-refractivity contribution in [2.24, 2.45) is 5.73 Å². The molecule has 1 atom stereocenters. The first-order valence-corrected chi connectivity index (χ1v) is 7.66. The second kappa shape index (κ2) is 4.85. The SMILES string of the molecule is NC(c1csc(I)c1)c1cc2cccc(Cl)c2o1. The molecule has 2 heterocycles. The summed E-state index contributed by atoms with van der Waals surface area (Å²) in [5, 5.41) is 3.66. The number of thiophene rings is 1. The summed E-state index contributed by atoms with van der Waals surface area (Å²) in [6.45, 7) is 0. The van der Waals surface area contributed by atoms with E-state index in [1.165, 1.54) is 2.88 Å². The second-order valence-electron chi connectivity index (χ2n) is 3.97. The third-order valence-corrected chi connectivity index (χ3v) is 4.87. The Bertz CT molecular complexity index is 706. The van der Waals surface area contributed by atoms with Crippen LogP contribution in [0.4, 0.5) is 0 Å². The van der Waals surface area contributed by atoms with Gasteiger partial charge in [0.15, 0.2) is 5.58 Å². The summed E-state index contributed by atoms with van der Waals surface area (Å²) in [4.78, 5) is 0. The second-order valence-corrected chi connectivity index (χ2v) is 7.18. The van der Waals surface area contributed by atoms with E-state index >= 15 is 0 Å². The van der Waals surface area contributed by atoms with Gasteiger partial charge in [0.2, 0.25) is 0 Å². The minimum atomic E-state index is -0.242. The predicted octanol–water partition coefficient (Wildman–Crippen LogP) is 4.80. The van der Waals surface area contributed by atoms with E-state index in [0.717, 1.165) is 16.7 Å². The van der Waals surface area contributed by atoms with Crippen molar-refractivity contribution in [1.82, 2.24) is 0 Å². The topological polar surface area (TPSA) is 39.2 Å². The normalized spacial score (nSPS) is 13.1. The molecule has 0 aliphatic carbocycles. The molecule has 0 amide bonds. The molecule has 0 aliphatic rings. The van der Waals surface area contributed by atoms with Crippen LogP contribution in [0.5, 0.6) is 0 Å². The Balaban J connectivity index is 2.06. The molecular weight excluding hydrogens is 381 g/mol. The largest absolute Gasteiger partial charge is 0.457 e. The number of rotatable bonds is 2. The molecule has 0 fully saturated rings. The molecule has 92 valence electrons. The van der Waals surface area contributed by atoms with Crippen LogP contribution >= 0.6 is 45.5 Å². The molecule has 1 aromatic carbocycles. The zero-order chi connectivity index (χ0) is 12.7. The molecule has 0 saturated carbocycles. The van der Waals surface area contributed by atoms with Gasteiger partial charge < -0.3 is 10.2 Å². The van der Waals surface area contributed by atoms with Crippen LogP contribution in [0.2, 0.25) is 5.02 Å². The number of benzene rings is 1. The van der Waals surface area contributed by atoms with Gasteiger partial charge >= 0.3 is 0 Å². The van der Waals surface area contributed by atoms with E-state index in [9.17, 15) is 0 Å².